The molecule has 1 aliphatic rings. The Balaban J connectivity index is 1.74. The molecule has 1 aromatic rings. The van der Waals surface area contributed by atoms with Crippen molar-refractivity contribution in [1.82, 2.24) is 10.9 Å². The third-order valence-corrected chi connectivity index (χ3v) is 3.02. The van der Waals surface area contributed by atoms with Crippen molar-refractivity contribution in [3.63, 3.8) is 0 Å². The maximum absolute atomic E-state index is 13.4. The molecule has 0 aromatic heterocycles. The van der Waals surface area contributed by atoms with Gasteiger partial charge in [0.15, 0.2) is 18.2 Å². The van der Waals surface area contributed by atoms with Crippen LogP contribution >= 0.6 is 15.9 Å². The van der Waals surface area contributed by atoms with Gasteiger partial charge in [-0.15, -0.1) is 0 Å². The lowest BCUT2D eigenvalue weighted by molar-refractivity contribution is -0.130. The Morgan fingerprint density at radius 2 is 2.11 bits per heavy atom. The van der Waals surface area contributed by atoms with Crippen molar-refractivity contribution < 1.29 is 18.7 Å². The van der Waals surface area contributed by atoms with Crippen LogP contribution in [0.4, 0.5) is 4.39 Å². The second-order valence-electron chi connectivity index (χ2n) is 4.18. The molecule has 5 nitrogen and oxygen atoms in total. The van der Waals surface area contributed by atoms with E-state index in [9.17, 15) is 14.0 Å². The van der Waals surface area contributed by atoms with Crippen LogP contribution in [0.1, 0.15) is 12.8 Å². The Hall–Kier alpha value is -1.63. The van der Waals surface area contributed by atoms with Crippen LogP contribution in [0.2, 0.25) is 0 Å². The highest BCUT2D eigenvalue weighted by Gasteiger charge is 2.29. The monoisotopic (exact) mass is 330 g/mol. The summed E-state index contributed by atoms with van der Waals surface area (Å²) in [6.45, 7) is -0.372. The first kappa shape index (κ1) is 13.8. The predicted molar refractivity (Wildman–Crippen MR) is 68.6 cm³/mol. The first-order valence-electron chi connectivity index (χ1n) is 5.73. The average Bonchev–Trinajstić information content (AvgIpc) is 3.19. The van der Waals surface area contributed by atoms with E-state index in [4.69, 9.17) is 4.74 Å². The van der Waals surface area contributed by atoms with Crippen molar-refractivity contribution in [3.8, 4) is 5.75 Å². The molecular weight excluding hydrogens is 319 g/mol. The van der Waals surface area contributed by atoms with Crippen molar-refractivity contribution in [2.24, 2.45) is 5.92 Å². The van der Waals surface area contributed by atoms with E-state index in [0.29, 0.717) is 4.47 Å². The zero-order valence-electron chi connectivity index (χ0n) is 9.91. The summed E-state index contributed by atoms with van der Waals surface area (Å²) in [5.41, 5.74) is 4.49. The van der Waals surface area contributed by atoms with E-state index in [2.05, 4.69) is 26.8 Å². The number of nitrogens with one attached hydrogen (secondary N) is 2. The number of hydrogen-bond donors (Lipinski definition) is 2. The molecule has 1 saturated carbocycles. The lowest BCUT2D eigenvalue weighted by Gasteiger charge is -2.09. The van der Waals surface area contributed by atoms with Crippen LogP contribution in [-0.2, 0) is 9.59 Å². The molecule has 0 unspecified atom stereocenters. The topological polar surface area (TPSA) is 67.4 Å². The molecule has 102 valence electrons. The first-order chi connectivity index (χ1) is 9.06. The van der Waals surface area contributed by atoms with Gasteiger partial charge in [0.05, 0.1) is 0 Å². The number of halogens is 2. The van der Waals surface area contributed by atoms with Crippen molar-refractivity contribution >= 4 is 27.7 Å². The van der Waals surface area contributed by atoms with Gasteiger partial charge >= 0.3 is 0 Å². The number of ether oxygens (including phenoxy) is 1. The zero-order valence-corrected chi connectivity index (χ0v) is 11.5. The van der Waals surface area contributed by atoms with Gasteiger partial charge < -0.3 is 4.74 Å². The second-order valence-corrected chi connectivity index (χ2v) is 5.09. The van der Waals surface area contributed by atoms with Crippen LogP contribution in [0.5, 0.6) is 5.75 Å². The van der Waals surface area contributed by atoms with Gasteiger partial charge in [0.25, 0.3) is 5.91 Å². The number of carbonyl (C=O) groups is 2. The van der Waals surface area contributed by atoms with E-state index >= 15 is 0 Å². The van der Waals surface area contributed by atoms with Crippen molar-refractivity contribution in [2.45, 2.75) is 12.8 Å². The first-order valence-corrected chi connectivity index (χ1v) is 6.52. The van der Waals surface area contributed by atoms with Crippen molar-refractivity contribution in [1.29, 1.82) is 0 Å². The van der Waals surface area contributed by atoms with E-state index in [1.165, 1.54) is 12.1 Å². The SMILES string of the molecule is O=C(COc1ccc(Br)cc1F)NNC(=O)C1CC1. The average molecular weight is 331 g/mol. The third kappa shape index (κ3) is 4.20. The summed E-state index contributed by atoms with van der Waals surface area (Å²) < 4.78 is 19.0. The van der Waals surface area contributed by atoms with Gasteiger partial charge in [0.1, 0.15) is 0 Å². The van der Waals surface area contributed by atoms with Crippen LogP contribution in [-0.4, -0.2) is 18.4 Å². The number of rotatable bonds is 4. The second kappa shape index (κ2) is 6.01. The van der Waals surface area contributed by atoms with Crippen molar-refractivity contribution in [3.05, 3.63) is 28.5 Å². The molecule has 0 aliphatic heterocycles. The largest absolute Gasteiger partial charge is 0.481 e. The molecule has 0 atom stereocenters. The summed E-state index contributed by atoms with van der Waals surface area (Å²) in [6, 6.07) is 4.25. The normalized spacial score (nSPS) is 13.8. The van der Waals surface area contributed by atoms with Gasteiger partial charge in [-0.3, -0.25) is 20.4 Å². The van der Waals surface area contributed by atoms with Gasteiger partial charge in [0, 0.05) is 10.4 Å². The highest BCUT2D eigenvalue weighted by atomic mass is 79.9. The van der Waals surface area contributed by atoms with Gasteiger partial charge in [-0.1, -0.05) is 15.9 Å². The third-order valence-electron chi connectivity index (χ3n) is 2.53. The van der Waals surface area contributed by atoms with E-state index in [0.717, 1.165) is 12.8 Å². The lowest BCUT2D eigenvalue weighted by atomic mass is 10.3. The predicted octanol–water partition coefficient (Wildman–Crippen LogP) is 1.52. The van der Waals surface area contributed by atoms with Gasteiger partial charge in [-0.25, -0.2) is 4.39 Å². The Labute approximate surface area is 117 Å². The number of hydrogen-bond acceptors (Lipinski definition) is 3. The zero-order chi connectivity index (χ0) is 13.8. The van der Waals surface area contributed by atoms with Crippen LogP contribution in [0.3, 0.4) is 0 Å². The number of amides is 2. The molecule has 1 aromatic carbocycles. The Morgan fingerprint density at radius 1 is 1.37 bits per heavy atom. The molecule has 7 heteroatoms. The molecule has 0 bridgehead atoms. The van der Waals surface area contributed by atoms with Gasteiger partial charge in [-0.05, 0) is 31.0 Å². The Morgan fingerprint density at radius 3 is 2.74 bits per heavy atom. The molecule has 2 amide bonds. The highest BCUT2D eigenvalue weighted by molar-refractivity contribution is 9.10. The molecule has 19 heavy (non-hydrogen) atoms. The standard InChI is InChI=1S/C12H12BrFN2O3/c13-8-3-4-10(9(14)5-8)19-6-11(17)15-16-12(18)7-1-2-7/h3-5,7H,1-2,6H2,(H,15,17)(H,16,18). The summed E-state index contributed by atoms with van der Waals surface area (Å²) in [5, 5.41) is 0. The minimum Gasteiger partial charge on any atom is -0.481 e. The summed E-state index contributed by atoms with van der Waals surface area (Å²) in [4.78, 5) is 22.6. The van der Waals surface area contributed by atoms with Gasteiger partial charge in [0.2, 0.25) is 5.91 Å². The fraction of sp³-hybridized carbons (Fsp3) is 0.333. The number of carbonyl (C=O) groups excluding carboxylic acids is 2. The molecule has 2 N–H and O–H groups in total. The number of hydrazine groups is 1. The van der Waals surface area contributed by atoms with E-state index in [-0.39, 0.29) is 24.2 Å². The maximum atomic E-state index is 13.4. The molecule has 0 heterocycles. The summed E-state index contributed by atoms with van der Waals surface area (Å²) in [5.74, 6) is -1.33. The minimum absolute atomic E-state index is 0.00476. The van der Waals surface area contributed by atoms with Crippen LogP contribution in [0.15, 0.2) is 22.7 Å². The molecule has 2 rings (SSSR count). The van der Waals surface area contributed by atoms with E-state index < -0.39 is 11.7 Å². The molecule has 1 aliphatic carbocycles. The quantitative estimate of drug-likeness (QED) is 0.822. The Bertz CT molecular complexity index is 506. The Kier molecular flexibility index (Phi) is 4.36. The summed E-state index contributed by atoms with van der Waals surface area (Å²) in [6.07, 6.45) is 1.70. The molecular formula is C12H12BrFN2O3. The van der Waals surface area contributed by atoms with Gasteiger partial charge in [-0.2, -0.15) is 0 Å². The smallest absolute Gasteiger partial charge is 0.276 e. The van der Waals surface area contributed by atoms with Crippen molar-refractivity contribution in [2.75, 3.05) is 6.61 Å². The lowest BCUT2D eigenvalue weighted by Crippen LogP contribution is -2.44. The van der Waals surface area contributed by atoms with Crippen LogP contribution < -0.4 is 15.6 Å². The molecule has 0 spiro atoms. The van der Waals surface area contributed by atoms with E-state index in [1.54, 1.807) is 6.07 Å². The number of benzene rings is 1. The molecule has 0 radical (unpaired) electrons. The summed E-state index contributed by atoms with van der Waals surface area (Å²) >= 11 is 3.11. The van der Waals surface area contributed by atoms with Crippen LogP contribution in [0, 0.1) is 11.7 Å². The fourth-order valence-electron chi connectivity index (χ4n) is 1.35. The highest BCUT2D eigenvalue weighted by Crippen LogP contribution is 2.28. The fourth-order valence-corrected chi connectivity index (χ4v) is 1.68. The molecule has 1 fully saturated rings. The summed E-state index contributed by atoms with van der Waals surface area (Å²) in [7, 11) is 0. The van der Waals surface area contributed by atoms with Crippen LogP contribution in [0.25, 0.3) is 0 Å². The maximum Gasteiger partial charge on any atom is 0.276 e. The minimum atomic E-state index is -0.566. The van der Waals surface area contributed by atoms with E-state index in [1.807, 2.05) is 0 Å². The molecule has 0 saturated heterocycles.